The first-order chi connectivity index (χ1) is 7.65. The summed E-state index contributed by atoms with van der Waals surface area (Å²) in [7, 11) is 1.39. The average molecular weight is 279 g/mol. The van der Waals surface area contributed by atoms with Gasteiger partial charge in [-0.3, -0.25) is 4.79 Å². The molecular formula is C11H12Cl2O2S. The van der Waals surface area contributed by atoms with E-state index >= 15 is 0 Å². The van der Waals surface area contributed by atoms with Gasteiger partial charge in [-0.1, -0.05) is 29.3 Å². The molecule has 0 saturated heterocycles. The second kappa shape index (κ2) is 7.05. The van der Waals surface area contributed by atoms with Crippen LogP contribution in [0.4, 0.5) is 0 Å². The number of esters is 1. The van der Waals surface area contributed by atoms with Crippen molar-refractivity contribution < 1.29 is 9.53 Å². The molecule has 0 aromatic heterocycles. The Kier molecular flexibility index (Phi) is 6.03. The van der Waals surface area contributed by atoms with Crippen LogP contribution in [0.5, 0.6) is 0 Å². The number of thioether (sulfide) groups is 1. The van der Waals surface area contributed by atoms with Gasteiger partial charge in [-0.05, 0) is 24.3 Å². The van der Waals surface area contributed by atoms with Crippen molar-refractivity contribution in [1.82, 2.24) is 0 Å². The summed E-state index contributed by atoms with van der Waals surface area (Å²) in [6.07, 6.45) is 1.17. The number of halogens is 2. The van der Waals surface area contributed by atoms with E-state index in [0.717, 1.165) is 17.1 Å². The molecule has 0 aliphatic heterocycles. The summed E-state index contributed by atoms with van der Waals surface area (Å²) in [5, 5.41) is 1.30. The van der Waals surface area contributed by atoms with E-state index < -0.39 is 0 Å². The summed E-state index contributed by atoms with van der Waals surface area (Å²) in [6, 6.07) is 5.41. The Hall–Kier alpha value is -0.380. The van der Waals surface area contributed by atoms with Crippen LogP contribution in [-0.2, 0) is 9.53 Å². The van der Waals surface area contributed by atoms with Crippen molar-refractivity contribution in [2.24, 2.45) is 0 Å². The predicted octanol–water partition coefficient (Wildman–Crippen LogP) is 4.04. The topological polar surface area (TPSA) is 26.3 Å². The van der Waals surface area contributed by atoms with Crippen LogP contribution in [0.15, 0.2) is 23.1 Å². The normalized spacial score (nSPS) is 10.2. The van der Waals surface area contributed by atoms with E-state index in [9.17, 15) is 4.79 Å². The van der Waals surface area contributed by atoms with Crippen LogP contribution in [0.25, 0.3) is 0 Å². The van der Waals surface area contributed by atoms with Crippen LogP contribution in [0.1, 0.15) is 12.8 Å². The van der Waals surface area contributed by atoms with Crippen molar-refractivity contribution in [1.29, 1.82) is 0 Å². The maximum absolute atomic E-state index is 10.9. The first-order valence-electron chi connectivity index (χ1n) is 4.78. The van der Waals surface area contributed by atoms with E-state index in [1.54, 1.807) is 23.9 Å². The van der Waals surface area contributed by atoms with E-state index in [2.05, 4.69) is 4.74 Å². The summed E-state index contributed by atoms with van der Waals surface area (Å²) >= 11 is 13.6. The van der Waals surface area contributed by atoms with Gasteiger partial charge in [0, 0.05) is 11.3 Å². The molecule has 0 radical (unpaired) electrons. The van der Waals surface area contributed by atoms with Crippen molar-refractivity contribution in [2.45, 2.75) is 17.7 Å². The second-order valence-electron chi connectivity index (χ2n) is 3.08. The predicted molar refractivity (Wildman–Crippen MR) is 68.4 cm³/mol. The van der Waals surface area contributed by atoms with Crippen molar-refractivity contribution in [3.8, 4) is 0 Å². The first kappa shape index (κ1) is 13.7. The fraction of sp³-hybridized carbons (Fsp3) is 0.364. The van der Waals surface area contributed by atoms with Crippen LogP contribution in [0.2, 0.25) is 10.0 Å². The molecular weight excluding hydrogens is 267 g/mol. The summed E-state index contributed by atoms with van der Waals surface area (Å²) in [5.74, 6) is 0.601. The number of ether oxygens (including phenoxy) is 1. The average Bonchev–Trinajstić information content (AvgIpc) is 2.27. The molecule has 0 N–H and O–H groups in total. The minimum absolute atomic E-state index is 0.189. The molecule has 0 aliphatic rings. The highest BCUT2D eigenvalue weighted by Crippen LogP contribution is 2.34. The van der Waals surface area contributed by atoms with Gasteiger partial charge in [-0.25, -0.2) is 0 Å². The molecule has 16 heavy (non-hydrogen) atoms. The number of methoxy groups -OCH3 is 1. The zero-order valence-electron chi connectivity index (χ0n) is 8.83. The van der Waals surface area contributed by atoms with E-state index in [0.29, 0.717) is 16.5 Å². The Balaban J connectivity index is 2.40. The van der Waals surface area contributed by atoms with Crippen LogP contribution in [-0.4, -0.2) is 18.8 Å². The van der Waals surface area contributed by atoms with Crippen LogP contribution in [0, 0.1) is 0 Å². The molecule has 1 aromatic carbocycles. The Morgan fingerprint density at radius 1 is 1.38 bits per heavy atom. The third kappa shape index (κ3) is 4.24. The summed E-state index contributed by atoms with van der Waals surface area (Å²) in [5.41, 5.74) is 0. The van der Waals surface area contributed by atoms with Gasteiger partial charge in [0.1, 0.15) is 0 Å². The monoisotopic (exact) mass is 278 g/mol. The van der Waals surface area contributed by atoms with Crippen molar-refractivity contribution >= 4 is 40.9 Å². The quantitative estimate of drug-likeness (QED) is 0.462. The lowest BCUT2D eigenvalue weighted by Crippen LogP contribution is -2.00. The molecule has 1 rings (SSSR count). The van der Waals surface area contributed by atoms with Gasteiger partial charge in [0.05, 0.1) is 17.2 Å². The highest BCUT2D eigenvalue weighted by atomic mass is 35.5. The summed E-state index contributed by atoms with van der Waals surface area (Å²) in [6.45, 7) is 0. The maximum Gasteiger partial charge on any atom is 0.305 e. The van der Waals surface area contributed by atoms with Crippen molar-refractivity contribution in [3.63, 3.8) is 0 Å². The molecule has 0 aliphatic carbocycles. The molecule has 0 saturated carbocycles. The van der Waals surface area contributed by atoms with Gasteiger partial charge < -0.3 is 4.74 Å². The fourth-order valence-electron chi connectivity index (χ4n) is 1.11. The molecule has 2 nitrogen and oxygen atoms in total. The van der Waals surface area contributed by atoms with Crippen molar-refractivity contribution in [2.75, 3.05) is 12.9 Å². The Labute approximate surface area is 109 Å². The molecule has 0 bridgehead atoms. The molecule has 0 amide bonds. The van der Waals surface area contributed by atoms with E-state index in [1.165, 1.54) is 7.11 Å². The number of benzene rings is 1. The summed E-state index contributed by atoms with van der Waals surface area (Å²) < 4.78 is 4.55. The van der Waals surface area contributed by atoms with Gasteiger partial charge in [0.2, 0.25) is 0 Å². The largest absolute Gasteiger partial charge is 0.469 e. The molecule has 0 spiro atoms. The standard InChI is InChI=1S/C11H12Cl2O2S/c1-15-10(14)6-3-7-16-11-8(12)4-2-5-9(11)13/h2,4-5H,3,6-7H2,1H3. The van der Waals surface area contributed by atoms with E-state index in [4.69, 9.17) is 23.2 Å². The van der Waals surface area contributed by atoms with Gasteiger partial charge >= 0.3 is 5.97 Å². The highest BCUT2D eigenvalue weighted by Gasteiger charge is 2.06. The van der Waals surface area contributed by atoms with Gasteiger partial charge in [-0.2, -0.15) is 0 Å². The van der Waals surface area contributed by atoms with Crippen LogP contribution < -0.4 is 0 Å². The Morgan fingerprint density at radius 3 is 2.56 bits per heavy atom. The lowest BCUT2D eigenvalue weighted by atomic mass is 10.3. The molecule has 88 valence electrons. The SMILES string of the molecule is COC(=O)CCCSc1c(Cl)cccc1Cl. The van der Waals surface area contributed by atoms with Gasteiger partial charge in [-0.15, -0.1) is 11.8 Å². The van der Waals surface area contributed by atoms with Gasteiger partial charge in [0.25, 0.3) is 0 Å². The minimum atomic E-state index is -0.189. The number of hydrogen-bond donors (Lipinski definition) is 0. The lowest BCUT2D eigenvalue weighted by molar-refractivity contribution is -0.140. The number of carbonyl (C=O) groups excluding carboxylic acids is 1. The maximum atomic E-state index is 10.9. The highest BCUT2D eigenvalue weighted by molar-refractivity contribution is 7.99. The number of carbonyl (C=O) groups is 1. The number of hydrogen-bond acceptors (Lipinski definition) is 3. The van der Waals surface area contributed by atoms with Crippen LogP contribution in [0.3, 0.4) is 0 Å². The fourth-order valence-corrected chi connectivity index (χ4v) is 2.74. The third-order valence-corrected chi connectivity index (χ3v) is 3.99. The Morgan fingerprint density at radius 2 is 2.00 bits per heavy atom. The molecule has 0 unspecified atom stereocenters. The molecule has 0 fully saturated rings. The van der Waals surface area contributed by atoms with Crippen molar-refractivity contribution in [3.05, 3.63) is 28.2 Å². The van der Waals surface area contributed by atoms with Crippen LogP contribution >= 0.6 is 35.0 Å². The lowest BCUT2D eigenvalue weighted by Gasteiger charge is -2.05. The zero-order chi connectivity index (χ0) is 12.0. The molecule has 0 atom stereocenters. The molecule has 5 heteroatoms. The second-order valence-corrected chi connectivity index (χ2v) is 5.00. The van der Waals surface area contributed by atoms with E-state index in [-0.39, 0.29) is 5.97 Å². The molecule has 1 aromatic rings. The van der Waals surface area contributed by atoms with Gasteiger partial charge in [0.15, 0.2) is 0 Å². The smallest absolute Gasteiger partial charge is 0.305 e. The first-order valence-corrected chi connectivity index (χ1v) is 6.53. The third-order valence-electron chi connectivity index (χ3n) is 1.92. The van der Waals surface area contributed by atoms with E-state index in [1.807, 2.05) is 6.07 Å². The minimum Gasteiger partial charge on any atom is -0.469 e. The molecule has 0 heterocycles. The number of rotatable bonds is 5. The Bertz CT molecular complexity index is 349. The zero-order valence-corrected chi connectivity index (χ0v) is 11.2. The summed E-state index contributed by atoms with van der Waals surface area (Å²) in [4.78, 5) is 11.7.